The third-order valence-corrected chi connectivity index (χ3v) is 2.05. The first-order valence-electron chi connectivity index (χ1n) is 4.54. The van der Waals surface area contributed by atoms with Crippen LogP contribution in [0.25, 0.3) is 0 Å². The van der Waals surface area contributed by atoms with Gasteiger partial charge in [0, 0.05) is 6.20 Å². The van der Waals surface area contributed by atoms with E-state index in [-0.39, 0.29) is 0 Å². The summed E-state index contributed by atoms with van der Waals surface area (Å²) in [4.78, 5) is 30.8. The summed E-state index contributed by atoms with van der Waals surface area (Å²) in [5, 5.41) is 11.7. The van der Waals surface area contributed by atoms with E-state index in [2.05, 4.69) is 15.1 Å². The maximum absolute atomic E-state index is 11.6. The molecule has 0 spiro atoms. The standard InChI is InChI=1S/C9H9N3O4/c13-7(6-8(14)12-16-9(6)15)11-5-3-1-2-4-10-5/h1-4,6,8,12,14H,(H,10,11,13). The minimum Gasteiger partial charge on any atom is -0.374 e. The van der Waals surface area contributed by atoms with E-state index in [4.69, 9.17) is 0 Å². The van der Waals surface area contributed by atoms with Crippen LogP contribution in [0.15, 0.2) is 24.4 Å². The van der Waals surface area contributed by atoms with Gasteiger partial charge in [0.25, 0.3) is 0 Å². The van der Waals surface area contributed by atoms with E-state index in [1.165, 1.54) is 6.20 Å². The fourth-order valence-electron chi connectivity index (χ4n) is 1.27. The molecule has 0 saturated carbocycles. The SMILES string of the molecule is O=C(Nc1ccccn1)C1C(=O)ONC1O. The monoisotopic (exact) mass is 223 g/mol. The Kier molecular flexibility index (Phi) is 2.80. The smallest absolute Gasteiger partial charge is 0.341 e. The molecule has 7 heteroatoms. The summed E-state index contributed by atoms with van der Waals surface area (Å²) in [6.07, 6.45) is 0.160. The Hall–Kier alpha value is -1.99. The first-order chi connectivity index (χ1) is 7.68. The topological polar surface area (TPSA) is 101 Å². The van der Waals surface area contributed by atoms with Gasteiger partial charge in [0.1, 0.15) is 5.82 Å². The summed E-state index contributed by atoms with van der Waals surface area (Å²) < 4.78 is 0. The van der Waals surface area contributed by atoms with Crippen LogP contribution in [-0.4, -0.2) is 28.2 Å². The van der Waals surface area contributed by atoms with Crippen molar-refractivity contribution < 1.29 is 19.5 Å². The van der Waals surface area contributed by atoms with Crippen LogP contribution in [0.4, 0.5) is 5.82 Å². The van der Waals surface area contributed by atoms with Crippen LogP contribution in [0.5, 0.6) is 0 Å². The van der Waals surface area contributed by atoms with Crippen LogP contribution in [-0.2, 0) is 14.4 Å². The zero-order chi connectivity index (χ0) is 11.5. The average molecular weight is 223 g/mol. The highest BCUT2D eigenvalue weighted by Crippen LogP contribution is 2.13. The van der Waals surface area contributed by atoms with Crippen molar-refractivity contribution >= 4 is 17.7 Å². The van der Waals surface area contributed by atoms with Crippen LogP contribution in [0, 0.1) is 5.92 Å². The van der Waals surface area contributed by atoms with E-state index in [0.29, 0.717) is 5.82 Å². The third kappa shape index (κ3) is 2.00. The molecule has 84 valence electrons. The predicted octanol–water partition coefficient (Wildman–Crippen LogP) is -0.984. The summed E-state index contributed by atoms with van der Waals surface area (Å²) in [7, 11) is 0. The van der Waals surface area contributed by atoms with Gasteiger partial charge in [0.15, 0.2) is 12.1 Å². The fourth-order valence-corrected chi connectivity index (χ4v) is 1.27. The lowest BCUT2D eigenvalue weighted by molar-refractivity contribution is -0.147. The average Bonchev–Trinajstić information content (AvgIpc) is 2.60. The number of aliphatic hydroxyl groups is 1. The zero-order valence-corrected chi connectivity index (χ0v) is 8.08. The Balaban J connectivity index is 2.06. The summed E-state index contributed by atoms with van der Waals surface area (Å²) >= 11 is 0. The number of aliphatic hydroxyl groups excluding tert-OH is 1. The summed E-state index contributed by atoms with van der Waals surface area (Å²) in [5.74, 6) is -2.46. The van der Waals surface area contributed by atoms with Crippen molar-refractivity contribution in [3.05, 3.63) is 24.4 Å². The van der Waals surface area contributed by atoms with Crippen molar-refractivity contribution in [1.29, 1.82) is 0 Å². The molecular weight excluding hydrogens is 214 g/mol. The van der Waals surface area contributed by atoms with Crippen molar-refractivity contribution in [2.24, 2.45) is 5.92 Å². The van der Waals surface area contributed by atoms with Gasteiger partial charge in [-0.1, -0.05) is 6.07 Å². The van der Waals surface area contributed by atoms with E-state index in [1.54, 1.807) is 18.2 Å². The van der Waals surface area contributed by atoms with Crippen molar-refractivity contribution in [1.82, 2.24) is 10.5 Å². The second-order valence-corrected chi connectivity index (χ2v) is 3.17. The number of carbonyl (C=O) groups excluding carboxylic acids is 2. The van der Waals surface area contributed by atoms with Gasteiger partial charge in [-0.2, -0.15) is 0 Å². The van der Waals surface area contributed by atoms with Gasteiger partial charge in [-0.25, -0.2) is 9.78 Å². The van der Waals surface area contributed by atoms with E-state index in [0.717, 1.165) is 0 Å². The molecule has 2 rings (SSSR count). The highest BCUT2D eigenvalue weighted by Gasteiger charge is 2.41. The maximum atomic E-state index is 11.6. The number of nitrogens with zero attached hydrogens (tertiary/aromatic N) is 1. The van der Waals surface area contributed by atoms with Crippen LogP contribution < -0.4 is 10.8 Å². The van der Waals surface area contributed by atoms with Crippen LogP contribution in [0.3, 0.4) is 0 Å². The number of pyridine rings is 1. The van der Waals surface area contributed by atoms with Crippen LogP contribution >= 0.6 is 0 Å². The number of amides is 1. The molecule has 16 heavy (non-hydrogen) atoms. The lowest BCUT2D eigenvalue weighted by atomic mass is 10.1. The fraction of sp³-hybridized carbons (Fsp3) is 0.222. The number of rotatable bonds is 2. The molecule has 3 N–H and O–H groups in total. The van der Waals surface area contributed by atoms with Crippen LogP contribution in [0.2, 0.25) is 0 Å². The minimum absolute atomic E-state index is 0.305. The quantitative estimate of drug-likeness (QED) is 0.557. The molecule has 0 bridgehead atoms. The first kappa shape index (κ1) is 10.5. The van der Waals surface area contributed by atoms with Gasteiger partial charge in [0.2, 0.25) is 5.91 Å². The number of hydrogen-bond acceptors (Lipinski definition) is 6. The van der Waals surface area contributed by atoms with Crippen LogP contribution in [0.1, 0.15) is 0 Å². The molecule has 2 atom stereocenters. The van der Waals surface area contributed by atoms with Gasteiger partial charge in [-0.05, 0) is 12.1 Å². The van der Waals surface area contributed by atoms with Crippen molar-refractivity contribution in [3.63, 3.8) is 0 Å². The largest absolute Gasteiger partial charge is 0.374 e. The molecule has 2 unspecified atom stereocenters. The lowest BCUT2D eigenvalue weighted by Gasteiger charge is -2.08. The number of carbonyl (C=O) groups is 2. The molecule has 2 heterocycles. The van der Waals surface area contributed by atoms with Gasteiger partial charge < -0.3 is 15.3 Å². The number of nitrogens with one attached hydrogen (secondary N) is 2. The molecule has 1 saturated heterocycles. The highest BCUT2D eigenvalue weighted by molar-refractivity contribution is 6.05. The summed E-state index contributed by atoms with van der Waals surface area (Å²) in [6.45, 7) is 0. The van der Waals surface area contributed by atoms with E-state index in [1.807, 2.05) is 5.48 Å². The Morgan fingerprint density at radius 1 is 1.56 bits per heavy atom. The predicted molar refractivity (Wildman–Crippen MR) is 51.6 cm³/mol. The molecule has 0 aliphatic carbocycles. The Morgan fingerprint density at radius 3 is 2.94 bits per heavy atom. The second kappa shape index (κ2) is 4.25. The normalized spacial score (nSPS) is 23.9. The molecule has 1 aliphatic heterocycles. The molecule has 1 fully saturated rings. The van der Waals surface area contributed by atoms with Gasteiger partial charge in [-0.15, -0.1) is 5.48 Å². The molecular formula is C9H9N3O4. The van der Waals surface area contributed by atoms with E-state index in [9.17, 15) is 14.7 Å². The Morgan fingerprint density at radius 2 is 2.38 bits per heavy atom. The summed E-state index contributed by atoms with van der Waals surface area (Å²) in [5.41, 5.74) is 2.01. The summed E-state index contributed by atoms with van der Waals surface area (Å²) in [6, 6.07) is 4.94. The molecule has 0 aromatic carbocycles. The Bertz CT molecular complexity index is 408. The number of aromatic nitrogens is 1. The first-order valence-corrected chi connectivity index (χ1v) is 4.54. The number of hydrogen-bond donors (Lipinski definition) is 3. The molecule has 7 nitrogen and oxygen atoms in total. The lowest BCUT2D eigenvalue weighted by Crippen LogP contribution is -2.36. The van der Waals surface area contributed by atoms with Crippen molar-refractivity contribution in [2.75, 3.05) is 5.32 Å². The molecule has 1 amide bonds. The minimum atomic E-state index is -1.34. The molecule has 1 aliphatic rings. The van der Waals surface area contributed by atoms with Crippen molar-refractivity contribution in [3.8, 4) is 0 Å². The highest BCUT2D eigenvalue weighted by atomic mass is 16.7. The maximum Gasteiger partial charge on any atom is 0.341 e. The zero-order valence-electron chi connectivity index (χ0n) is 8.08. The van der Waals surface area contributed by atoms with E-state index >= 15 is 0 Å². The van der Waals surface area contributed by atoms with Crippen molar-refractivity contribution in [2.45, 2.75) is 6.23 Å². The molecule has 1 aromatic heterocycles. The number of anilines is 1. The number of hydroxylamine groups is 1. The Labute approximate surface area is 90.4 Å². The second-order valence-electron chi connectivity index (χ2n) is 3.17. The van der Waals surface area contributed by atoms with Gasteiger partial charge >= 0.3 is 5.97 Å². The van der Waals surface area contributed by atoms with Gasteiger partial charge in [0.05, 0.1) is 0 Å². The third-order valence-electron chi connectivity index (χ3n) is 2.05. The molecule has 0 radical (unpaired) electrons. The van der Waals surface area contributed by atoms with E-state index < -0.39 is 24.0 Å². The van der Waals surface area contributed by atoms with Gasteiger partial charge in [-0.3, -0.25) is 4.79 Å². The molecule has 1 aromatic rings.